The van der Waals surface area contributed by atoms with Gasteiger partial charge in [0.05, 0.1) is 5.56 Å². The number of rotatable bonds is 5. The molecule has 1 aromatic heterocycles. The van der Waals surface area contributed by atoms with Crippen LogP contribution in [0.2, 0.25) is 0 Å². The van der Waals surface area contributed by atoms with Crippen LogP contribution in [0.25, 0.3) is 0 Å². The molecule has 7 nitrogen and oxygen atoms in total. The summed E-state index contributed by atoms with van der Waals surface area (Å²) in [5.41, 5.74) is 0.333. The number of piperidine rings is 1. The van der Waals surface area contributed by atoms with Crippen molar-refractivity contribution in [2.45, 2.75) is 31.8 Å². The number of nitrogens with zero attached hydrogens (tertiary/aromatic N) is 1. The average Bonchev–Trinajstić information content (AvgIpc) is 2.88. The van der Waals surface area contributed by atoms with E-state index in [1.165, 1.54) is 20.2 Å². The number of carbonyl (C=O) groups is 1. The van der Waals surface area contributed by atoms with Crippen molar-refractivity contribution in [2.24, 2.45) is 5.41 Å². The van der Waals surface area contributed by atoms with Gasteiger partial charge >= 0.3 is 0 Å². The fourth-order valence-electron chi connectivity index (χ4n) is 2.58. The summed E-state index contributed by atoms with van der Waals surface area (Å²) >= 11 is 0. The summed E-state index contributed by atoms with van der Waals surface area (Å²) < 4.78 is 30.5. The van der Waals surface area contributed by atoms with Crippen LogP contribution in [0, 0.1) is 12.3 Å². The maximum atomic E-state index is 12.4. The summed E-state index contributed by atoms with van der Waals surface area (Å²) in [5, 5.41) is 6.00. The Hall–Kier alpha value is -1.38. The standard InChI is InChI=1S/C15H25N3O4S/c1-11-12(9-13(22-11)23(20,21)18(3)4)14(19)17-10-15(2)5-7-16-8-6-15/h9,16H,5-8,10H2,1-4H3,(H,17,19). The quantitative estimate of drug-likeness (QED) is 0.831. The van der Waals surface area contributed by atoms with Gasteiger partial charge in [-0.1, -0.05) is 6.92 Å². The van der Waals surface area contributed by atoms with Crippen molar-refractivity contribution in [3.8, 4) is 0 Å². The van der Waals surface area contributed by atoms with Gasteiger partial charge in [-0.3, -0.25) is 4.79 Å². The molecule has 8 heteroatoms. The van der Waals surface area contributed by atoms with Gasteiger partial charge in [-0.15, -0.1) is 0 Å². The van der Waals surface area contributed by atoms with Crippen LogP contribution >= 0.6 is 0 Å². The second-order valence-corrected chi connectivity index (χ2v) is 8.65. The number of carbonyl (C=O) groups excluding carboxylic acids is 1. The monoisotopic (exact) mass is 343 g/mol. The Morgan fingerprint density at radius 2 is 2.00 bits per heavy atom. The van der Waals surface area contributed by atoms with E-state index in [1.54, 1.807) is 6.92 Å². The highest BCUT2D eigenvalue weighted by molar-refractivity contribution is 7.88. The molecule has 1 saturated heterocycles. The fraction of sp³-hybridized carbons (Fsp3) is 0.667. The normalized spacial score (nSPS) is 18.1. The summed E-state index contributed by atoms with van der Waals surface area (Å²) in [5.74, 6) is 0.00426. The number of hydrogen-bond donors (Lipinski definition) is 2. The number of aryl methyl sites for hydroxylation is 1. The van der Waals surface area contributed by atoms with Gasteiger partial charge in [0.2, 0.25) is 5.09 Å². The first-order chi connectivity index (χ1) is 10.7. The van der Waals surface area contributed by atoms with E-state index < -0.39 is 10.0 Å². The molecule has 2 rings (SSSR count). The first kappa shape index (κ1) is 18.0. The molecule has 130 valence electrons. The third kappa shape index (κ3) is 3.94. The Morgan fingerprint density at radius 3 is 2.57 bits per heavy atom. The van der Waals surface area contributed by atoms with Gasteiger partial charge < -0.3 is 15.1 Å². The highest BCUT2D eigenvalue weighted by Crippen LogP contribution is 2.27. The lowest BCUT2D eigenvalue weighted by molar-refractivity contribution is 0.0920. The number of sulfonamides is 1. The Labute approximate surface area is 137 Å². The molecule has 0 aromatic carbocycles. The molecular weight excluding hydrogens is 318 g/mol. The predicted octanol–water partition coefficient (Wildman–Crippen LogP) is 0.958. The molecule has 1 aliphatic rings. The van der Waals surface area contributed by atoms with Crippen molar-refractivity contribution < 1.29 is 17.6 Å². The second kappa shape index (κ2) is 6.62. The Balaban J connectivity index is 2.10. The first-order valence-electron chi connectivity index (χ1n) is 7.68. The third-order valence-corrected chi connectivity index (χ3v) is 6.03. The molecule has 2 N–H and O–H groups in total. The van der Waals surface area contributed by atoms with Crippen LogP contribution < -0.4 is 10.6 Å². The zero-order valence-corrected chi connectivity index (χ0v) is 14.9. The molecule has 0 saturated carbocycles. The predicted molar refractivity (Wildman–Crippen MR) is 86.9 cm³/mol. The van der Waals surface area contributed by atoms with Crippen LogP contribution in [0.4, 0.5) is 0 Å². The van der Waals surface area contributed by atoms with Crippen LogP contribution in [-0.4, -0.2) is 52.4 Å². The van der Waals surface area contributed by atoms with Crippen molar-refractivity contribution in [2.75, 3.05) is 33.7 Å². The molecule has 1 amide bonds. The molecule has 0 spiro atoms. The van der Waals surface area contributed by atoms with Crippen LogP contribution in [0.15, 0.2) is 15.6 Å². The van der Waals surface area contributed by atoms with Gasteiger partial charge in [0.25, 0.3) is 15.9 Å². The fourth-order valence-corrected chi connectivity index (χ4v) is 3.44. The van der Waals surface area contributed by atoms with Crippen molar-refractivity contribution in [3.05, 3.63) is 17.4 Å². The Morgan fingerprint density at radius 1 is 1.39 bits per heavy atom. The maximum Gasteiger partial charge on any atom is 0.275 e. The minimum absolute atomic E-state index is 0.0666. The molecule has 23 heavy (non-hydrogen) atoms. The van der Waals surface area contributed by atoms with Crippen molar-refractivity contribution >= 4 is 15.9 Å². The van der Waals surface area contributed by atoms with E-state index in [0.29, 0.717) is 12.3 Å². The lowest BCUT2D eigenvalue weighted by atomic mass is 9.81. The number of hydrogen-bond acceptors (Lipinski definition) is 5. The van der Waals surface area contributed by atoms with Crippen LogP contribution in [0.1, 0.15) is 35.9 Å². The van der Waals surface area contributed by atoms with Gasteiger partial charge in [0, 0.05) is 26.7 Å². The molecule has 1 aromatic rings. The highest BCUT2D eigenvalue weighted by atomic mass is 32.2. The number of furan rings is 1. The average molecular weight is 343 g/mol. The molecule has 2 heterocycles. The van der Waals surface area contributed by atoms with Crippen molar-refractivity contribution in [1.29, 1.82) is 0 Å². The van der Waals surface area contributed by atoms with Gasteiger partial charge in [-0.05, 0) is 38.3 Å². The van der Waals surface area contributed by atoms with Gasteiger partial charge in [0.15, 0.2) is 0 Å². The lowest BCUT2D eigenvalue weighted by Gasteiger charge is -2.34. The summed E-state index contributed by atoms with van der Waals surface area (Å²) in [7, 11) is -0.838. The SMILES string of the molecule is Cc1oc(S(=O)(=O)N(C)C)cc1C(=O)NCC1(C)CCNCC1. The van der Waals surface area contributed by atoms with Crippen molar-refractivity contribution in [3.63, 3.8) is 0 Å². The molecule has 0 bridgehead atoms. The minimum Gasteiger partial charge on any atom is -0.448 e. The molecule has 0 aliphatic carbocycles. The summed E-state index contributed by atoms with van der Waals surface area (Å²) in [6, 6.07) is 1.30. The number of nitrogens with one attached hydrogen (secondary N) is 2. The van der Waals surface area contributed by atoms with E-state index >= 15 is 0 Å². The molecular formula is C15H25N3O4S. The number of amides is 1. The largest absolute Gasteiger partial charge is 0.448 e. The zero-order chi connectivity index (χ0) is 17.3. The second-order valence-electron chi connectivity index (χ2n) is 6.57. The molecule has 1 fully saturated rings. The van der Waals surface area contributed by atoms with Gasteiger partial charge in [-0.2, -0.15) is 0 Å². The van der Waals surface area contributed by atoms with Gasteiger partial charge in [-0.25, -0.2) is 12.7 Å². The van der Waals surface area contributed by atoms with E-state index in [1.807, 2.05) is 0 Å². The zero-order valence-electron chi connectivity index (χ0n) is 14.1. The highest BCUT2D eigenvalue weighted by Gasteiger charge is 2.29. The van der Waals surface area contributed by atoms with E-state index in [0.717, 1.165) is 30.2 Å². The van der Waals surface area contributed by atoms with E-state index in [-0.39, 0.29) is 22.0 Å². The van der Waals surface area contributed by atoms with Crippen LogP contribution in [0.5, 0.6) is 0 Å². The van der Waals surface area contributed by atoms with Crippen molar-refractivity contribution in [1.82, 2.24) is 14.9 Å². The van der Waals surface area contributed by atoms with E-state index in [4.69, 9.17) is 4.42 Å². The van der Waals surface area contributed by atoms with Crippen LogP contribution in [-0.2, 0) is 10.0 Å². The Bertz CT molecular complexity index is 673. The maximum absolute atomic E-state index is 12.4. The molecule has 0 atom stereocenters. The molecule has 0 unspecified atom stereocenters. The van der Waals surface area contributed by atoms with Gasteiger partial charge in [0.1, 0.15) is 5.76 Å². The van der Waals surface area contributed by atoms with E-state index in [9.17, 15) is 13.2 Å². The topological polar surface area (TPSA) is 91.7 Å². The summed E-state index contributed by atoms with van der Waals surface area (Å²) in [4.78, 5) is 12.4. The Kier molecular flexibility index (Phi) is 5.17. The lowest BCUT2D eigenvalue weighted by Crippen LogP contribution is -2.42. The smallest absolute Gasteiger partial charge is 0.275 e. The summed E-state index contributed by atoms with van der Waals surface area (Å²) in [6.07, 6.45) is 2.00. The van der Waals surface area contributed by atoms with Crippen LogP contribution in [0.3, 0.4) is 0 Å². The minimum atomic E-state index is -3.68. The third-order valence-electron chi connectivity index (χ3n) is 4.36. The molecule has 0 radical (unpaired) electrons. The van der Waals surface area contributed by atoms with E-state index in [2.05, 4.69) is 17.6 Å². The summed E-state index contributed by atoms with van der Waals surface area (Å²) in [6.45, 7) is 6.20. The molecule has 1 aliphatic heterocycles. The first-order valence-corrected chi connectivity index (χ1v) is 9.12.